The zero-order chi connectivity index (χ0) is 49.4. The lowest BCUT2D eigenvalue weighted by molar-refractivity contribution is 0.538. The molecule has 12 aromatic rings. The van der Waals surface area contributed by atoms with E-state index in [2.05, 4.69) is 253 Å². The highest BCUT2D eigenvalue weighted by Gasteiger charge is 2.43. The summed E-state index contributed by atoms with van der Waals surface area (Å²) in [4.78, 5) is 5.38. The Hall–Kier alpha value is -7.99. The van der Waals surface area contributed by atoms with Crippen LogP contribution in [0.4, 0.5) is 17.1 Å². The minimum atomic E-state index is 0.00663. The third kappa shape index (κ3) is 7.27. The number of aryl methyl sites for hydroxylation is 2. The Morgan fingerprint density at radius 3 is 1.47 bits per heavy atom. The third-order valence-electron chi connectivity index (χ3n) is 15.9. The van der Waals surface area contributed by atoms with Gasteiger partial charge in [0.1, 0.15) is 0 Å². The van der Waals surface area contributed by atoms with Crippen LogP contribution in [0.1, 0.15) is 51.2 Å². The molecule has 0 saturated carbocycles. The number of para-hydroxylation sites is 4. The number of unbranched alkanes of at least 4 members (excludes halogenated alkanes) is 1. The molecule has 5 heteroatoms. The lowest BCUT2D eigenvalue weighted by Gasteiger charge is -2.42. The molecule has 10 aromatic carbocycles. The number of hydrogen-bond donors (Lipinski definition) is 0. The lowest BCUT2D eigenvalue weighted by Crippen LogP contribution is -2.60. The predicted molar refractivity (Wildman–Crippen MR) is 318 cm³/mol. The van der Waals surface area contributed by atoms with Gasteiger partial charge in [0.15, 0.2) is 0 Å². The Bertz CT molecular complexity index is 3980. The topological polar surface area (TPSA) is 13.1 Å². The van der Waals surface area contributed by atoms with Gasteiger partial charge in [0, 0.05) is 65.2 Å². The van der Waals surface area contributed by atoms with Gasteiger partial charge in [0.05, 0.1) is 27.8 Å². The molecule has 0 unspecified atom stereocenters. The SMILES string of the molecule is CCc1cc(-c2ccccc2)c(N2c3cc(-n4c5ccccc5c5ccccc54)ccc3B3c4ccc(-n5c6ccccc6c6ccccc65)cc4Sc4cc(CCCCC(C)C)cc2c43)c(-c2ccccc2)c1. The molecule has 2 aliphatic rings. The first-order valence-electron chi connectivity index (χ1n) is 26.7. The van der Waals surface area contributed by atoms with Crippen molar-refractivity contribution in [2.24, 2.45) is 5.92 Å². The smallest absolute Gasteiger partial charge is 0.249 e. The van der Waals surface area contributed by atoms with E-state index in [-0.39, 0.29) is 6.71 Å². The summed E-state index contributed by atoms with van der Waals surface area (Å²) in [7, 11) is 0. The molecule has 3 nitrogen and oxygen atoms in total. The molecular weight excluding hydrogens is 914 g/mol. The van der Waals surface area contributed by atoms with Crippen molar-refractivity contribution in [3.63, 3.8) is 0 Å². The summed E-state index contributed by atoms with van der Waals surface area (Å²) in [6.07, 6.45) is 5.57. The van der Waals surface area contributed by atoms with Crippen molar-refractivity contribution in [1.29, 1.82) is 0 Å². The summed E-state index contributed by atoms with van der Waals surface area (Å²) in [6, 6.07) is 82.7. The number of anilines is 3. The van der Waals surface area contributed by atoms with Gasteiger partial charge in [-0.25, -0.2) is 0 Å². The zero-order valence-electron chi connectivity index (χ0n) is 42.2. The second-order valence-corrected chi connectivity index (χ2v) is 22.0. The van der Waals surface area contributed by atoms with Crippen molar-refractivity contribution >= 4 is 95.5 Å². The van der Waals surface area contributed by atoms with Gasteiger partial charge in [-0.15, -0.1) is 0 Å². The van der Waals surface area contributed by atoms with Crippen LogP contribution in [-0.4, -0.2) is 15.8 Å². The molecule has 14 rings (SSSR count). The Balaban J connectivity index is 1.07. The maximum Gasteiger partial charge on any atom is 0.249 e. The molecule has 0 amide bonds. The normalized spacial score (nSPS) is 12.8. The predicted octanol–water partition coefficient (Wildman–Crippen LogP) is 16.9. The standard InChI is InChI=1S/C69H56BN3S/c1-4-46-39-56(48-23-7-5-8-24-48)69(57(40-46)49-25-9-6-10-26-49)73-64-43-50(71-60-31-17-13-27-52(60)53-28-14-18-32-61(53)71)35-37-58(64)70-59-38-36-51(72-62-33-19-15-29-54(62)55-30-16-20-34-63(55)72)44-66(59)74-67-42-47(41-65(73)68(67)70)22-12-11-21-45(2)3/h5-10,13-20,23-45H,4,11-12,21-22H2,1-3H3. The van der Waals surface area contributed by atoms with Crippen molar-refractivity contribution in [3.8, 4) is 33.6 Å². The van der Waals surface area contributed by atoms with Crippen LogP contribution < -0.4 is 21.3 Å². The van der Waals surface area contributed by atoms with E-state index in [0.29, 0.717) is 5.92 Å². The molecule has 0 fully saturated rings. The van der Waals surface area contributed by atoms with Crippen LogP contribution in [0.15, 0.2) is 228 Å². The third-order valence-corrected chi connectivity index (χ3v) is 17.1. The van der Waals surface area contributed by atoms with Crippen LogP contribution in [0.5, 0.6) is 0 Å². The van der Waals surface area contributed by atoms with E-state index in [9.17, 15) is 0 Å². The molecule has 0 bridgehead atoms. The van der Waals surface area contributed by atoms with Crippen LogP contribution in [0.3, 0.4) is 0 Å². The molecule has 0 spiro atoms. The molecule has 2 aromatic heterocycles. The zero-order valence-corrected chi connectivity index (χ0v) is 43.0. The van der Waals surface area contributed by atoms with Crippen molar-refractivity contribution in [2.75, 3.05) is 4.90 Å². The summed E-state index contributed by atoms with van der Waals surface area (Å²) in [5.41, 5.74) is 22.6. The molecule has 0 aliphatic carbocycles. The van der Waals surface area contributed by atoms with Crippen molar-refractivity contribution in [2.45, 2.75) is 62.7 Å². The van der Waals surface area contributed by atoms with Crippen LogP contribution in [0.2, 0.25) is 0 Å². The first-order chi connectivity index (χ1) is 36.5. The van der Waals surface area contributed by atoms with Crippen molar-refractivity contribution < 1.29 is 0 Å². The molecule has 2 aliphatic heterocycles. The molecule has 0 saturated heterocycles. The summed E-state index contributed by atoms with van der Waals surface area (Å²) in [6.45, 7) is 7.00. The minimum Gasteiger partial charge on any atom is -0.310 e. The summed E-state index contributed by atoms with van der Waals surface area (Å²) in [5.74, 6) is 0.686. The Morgan fingerprint density at radius 2 is 0.946 bits per heavy atom. The Morgan fingerprint density at radius 1 is 0.446 bits per heavy atom. The molecule has 0 atom stereocenters. The van der Waals surface area contributed by atoms with Crippen LogP contribution in [-0.2, 0) is 12.8 Å². The Labute approximate surface area is 438 Å². The maximum atomic E-state index is 2.71. The fraction of sp³-hybridized carbons (Fsp3) is 0.130. The average molecular weight is 970 g/mol. The largest absolute Gasteiger partial charge is 0.310 e. The number of aromatic nitrogens is 2. The van der Waals surface area contributed by atoms with Gasteiger partial charge < -0.3 is 14.0 Å². The highest BCUT2D eigenvalue weighted by Crippen LogP contribution is 2.51. The van der Waals surface area contributed by atoms with Gasteiger partial charge in [0.25, 0.3) is 0 Å². The fourth-order valence-corrected chi connectivity index (χ4v) is 13.8. The second kappa shape index (κ2) is 18.2. The van der Waals surface area contributed by atoms with Crippen LogP contribution in [0, 0.1) is 5.92 Å². The fourth-order valence-electron chi connectivity index (χ4n) is 12.5. The summed E-state index contributed by atoms with van der Waals surface area (Å²) in [5, 5.41) is 5.09. The number of benzene rings is 10. The van der Waals surface area contributed by atoms with E-state index in [1.165, 1.54) is 139 Å². The van der Waals surface area contributed by atoms with Crippen molar-refractivity contribution in [3.05, 3.63) is 230 Å². The molecule has 74 heavy (non-hydrogen) atoms. The molecule has 356 valence electrons. The first kappa shape index (κ1) is 44.7. The van der Waals surface area contributed by atoms with E-state index in [4.69, 9.17) is 0 Å². The second-order valence-electron chi connectivity index (χ2n) is 20.9. The van der Waals surface area contributed by atoms with Gasteiger partial charge in [-0.05, 0) is 131 Å². The monoisotopic (exact) mass is 969 g/mol. The number of rotatable bonds is 11. The van der Waals surface area contributed by atoms with Gasteiger partial charge in [0.2, 0.25) is 6.71 Å². The van der Waals surface area contributed by atoms with Crippen LogP contribution >= 0.6 is 11.8 Å². The molecule has 0 radical (unpaired) electrons. The number of hydrogen-bond acceptors (Lipinski definition) is 2. The van der Waals surface area contributed by atoms with Gasteiger partial charge in [-0.3, -0.25) is 0 Å². The lowest BCUT2D eigenvalue weighted by atomic mass is 9.34. The van der Waals surface area contributed by atoms with E-state index in [1.54, 1.807) is 0 Å². The summed E-state index contributed by atoms with van der Waals surface area (Å²) < 4.78 is 4.97. The van der Waals surface area contributed by atoms with Gasteiger partial charge >= 0.3 is 0 Å². The Kier molecular flexibility index (Phi) is 11.0. The maximum absolute atomic E-state index is 2.71. The summed E-state index contributed by atoms with van der Waals surface area (Å²) >= 11 is 1.97. The van der Waals surface area contributed by atoms with Crippen molar-refractivity contribution in [1.82, 2.24) is 9.13 Å². The number of fused-ring (bicyclic) bond motifs is 10. The van der Waals surface area contributed by atoms with E-state index in [1.807, 2.05) is 11.8 Å². The molecule has 4 heterocycles. The molecule has 0 N–H and O–H groups in total. The highest BCUT2D eigenvalue weighted by atomic mass is 32.2. The minimum absolute atomic E-state index is 0.00663. The highest BCUT2D eigenvalue weighted by molar-refractivity contribution is 8.00. The molecular formula is C69H56BN3S. The number of nitrogens with zero attached hydrogens (tertiary/aromatic N) is 3. The van der Waals surface area contributed by atoms with Crippen LogP contribution in [0.25, 0.3) is 77.2 Å². The average Bonchev–Trinajstić information content (AvgIpc) is 3.97. The van der Waals surface area contributed by atoms with E-state index < -0.39 is 0 Å². The van der Waals surface area contributed by atoms with Gasteiger partial charge in [-0.2, -0.15) is 0 Å². The first-order valence-corrected chi connectivity index (χ1v) is 27.5. The quantitative estimate of drug-likeness (QED) is 0.0946. The van der Waals surface area contributed by atoms with E-state index in [0.717, 1.165) is 24.9 Å². The van der Waals surface area contributed by atoms with E-state index >= 15 is 0 Å². The van der Waals surface area contributed by atoms with Gasteiger partial charge in [-0.1, -0.05) is 196 Å².